The first-order chi connectivity index (χ1) is 9.67. The second-order valence-corrected chi connectivity index (χ2v) is 5.87. The number of hydrogen-bond acceptors (Lipinski definition) is 2. The van der Waals surface area contributed by atoms with E-state index in [0.29, 0.717) is 12.5 Å². The molecule has 1 aromatic carbocycles. The molecule has 1 aromatic rings. The summed E-state index contributed by atoms with van der Waals surface area (Å²) >= 11 is 0. The second kappa shape index (κ2) is 7.29. The molecule has 4 N–H and O–H groups in total. The first-order valence-electron chi connectivity index (χ1n) is 7.51. The Morgan fingerprint density at radius 3 is 2.70 bits per heavy atom. The molecule has 0 radical (unpaired) electrons. The number of rotatable bonds is 4. The quantitative estimate of drug-likeness (QED) is 0.790. The lowest BCUT2D eigenvalue weighted by Gasteiger charge is -2.26. The van der Waals surface area contributed by atoms with Crippen molar-refractivity contribution in [2.24, 2.45) is 17.6 Å². The highest BCUT2D eigenvalue weighted by Gasteiger charge is 2.19. The van der Waals surface area contributed by atoms with Crippen molar-refractivity contribution < 1.29 is 4.79 Å². The summed E-state index contributed by atoms with van der Waals surface area (Å²) in [4.78, 5) is 11.8. The van der Waals surface area contributed by atoms with Gasteiger partial charge in [0.15, 0.2) is 0 Å². The number of nitrogens with two attached hydrogens (primary N) is 1. The first-order valence-corrected chi connectivity index (χ1v) is 7.51. The van der Waals surface area contributed by atoms with E-state index in [4.69, 9.17) is 5.73 Å². The van der Waals surface area contributed by atoms with Crippen molar-refractivity contribution in [3.63, 3.8) is 0 Å². The highest BCUT2D eigenvalue weighted by atomic mass is 16.2. The minimum absolute atomic E-state index is 0.122. The standard InChI is InChI=1S/C16H25N3O/c1-12-3-2-4-14(9-12)11-18-16(20)19-15-7-5-13(10-17)6-8-15/h5-8,12,14H,2-4,9-11,17H2,1H3,(H2,18,19,20). The highest BCUT2D eigenvalue weighted by Crippen LogP contribution is 2.27. The topological polar surface area (TPSA) is 67.2 Å². The van der Waals surface area contributed by atoms with Gasteiger partial charge in [0.1, 0.15) is 0 Å². The van der Waals surface area contributed by atoms with Gasteiger partial charge in [0.25, 0.3) is 0 Å². The molecule has 0 aliphatic heterocycles. The van der Waals surface area contributed by atoms with E-state index in [-0.39, 0.29) is 6.03 Å². The second-order valence-electron chi connectivity index (χ2n) is 5.87. The summed E-state index contributed by atoms with van der Waals surface area (Å²) in [7, 11) is 0. The molecular weight excluding hydrogens is 250 g/mol. The van der Waals surface area contributed by atoms with E-state index in [1.165, 1.54) is 25.7 Å². The average molecular weight is 275 g/mol. The number of amides is 2. The van der Waals surface area contributed by atoms with Crippen LogP contribution in [0, 0.1) is 11.8 Å². The van der Waals surface area contributed by atoms with Crippen LogP contribution in [-0.2, 0) is 6.54 Å². The van der Waals surface area contributed by atoms with E-state index in [9.17, 15) is 4.79 Å². The normalized spacial score (nSPS) is 22.3. The lowest BCUT2D eigenvalue weighted by molar-refractivity contribution is 0.241. The van der Waals surface area contributed by atoms with Crippen molar-refractivity contribution in [2.45, 2.75) is 39.2 Å². The summed E-state index contributed by atoms with van der Waals surface area (Å²) in [5.74, 6) is 1.42. The minimum Gasteiger partial charge on any atom is -0.338 e. The third-order valence-corrected chi connectivity index (χ3v) is 4.04. The van der Waals surface area contributed by atoms with Gasteiger partial charge in [-0.2, -0.15) is 0 Å². The Labute approximate surface area is 121 Å². The van der Waals surface area contributed by atoms with Crippen molar-refractivity contribution in [3.05, 3.63) is 29.8 Å². The average Bonchev–Trinajstić information content (AvgIpc) is 2.46. The maximum absolute atomic E-state index is 11.8. The first kappa shape index (κ1) is 14.9. The fourth-order valence-corrected chi connectivity index (χ4v) is 2.88. The van der Waals surface area contributed by atoms with Gasteiger partial charge in [0.2, 0.25) is 0 Å². The van der Waals surface area contributed by atoms with Crippen molar-refractivity contribution in [1.29, 1.82) is 0 Å². The lowest BCUT2D eigenvalue weighted by Crippen LogP contribution is -2.34. The molecule has 2 rings (SSSR count). The Morgan fingerprint density at radius 2 is 2.05 bits per heavy atom. The van der Waals surface area contributed by atoms with Gasteiger partial charge >= 0.3 is 6.03 Å². The number of urea groups is 1. The van der Waals surface area contributed by atoms with Crippen molar-refractivity contribution in [3.8, 4) is 0 Å². The monoisotopic (exact) mass is 275 g/mol. The molecule has 110 valence electrons. The molecule has 4 nitrogen and oxygen atoms in total. The number of anilines is 1. The van der Waals surface area contributed by atoms with Crippen LogP contribution in [0.2, 0.25) is 0 Å². The van der Waals surface area contributed by atoms with Crippen molar-refractivity contribution in [1.82, 2.24) is 5.32 Å². The summed E-state index contributed by atoms with van der Waals surface area (Å²) in [6.07, 6.45) is 5.08. The molecule has 1 fully saturated rings. The Bertz CT molecular complexity index is 430. The van der Waals surface area contributed by atoms with Gasteiger partial charge in [-0.05, 0) is 42.4 Å². The van der Waals surface area contributed by atoms with E-state index in [1.54, 1.807) is 0 Å². The lowest BCUT2D eigenvalue weighted by atomic mass is 9.82. The minimum atomic E-state index is -0.122. The van der Waals surface area contributed by atoms with Crippen LogP contribution in [0.1, 0.15) is 38.2 Å². The van der Waals surface area contributed by atoms with E-state index in [0.717, 1.165) is 23.7 Å². The number of nitrogens with one attached hydrogen (secondary N) is 2. The van der Waals surface area contributed by atoms with Crippen LogP contribution in [0.25, 0.3) is 0 Å². The molecule has 0 bridgehead atoms. The summed E-state index contributed by atoms with van der Waals surface area (Å²) in [6.45, 7) is 3.59. The molecule has 1 saturated carbocycles. The summed E-state index contributed by atoms with van der Waals surface area (Å²) < 4.78 is 0. The van der Waals surface area contributed by atoms with Gasteiger partial charge in [0.05, 0.1) is 0 Å². The zero-order valence-corrected chi connectivity index (χ0v) is 12.2. The molecular formula is C16H25N3O. The van der Waals surface area contributed by atoms with Crippen LogP contribution >= 0.6 is 0 Å². The number of carbonyl (C=O) groups excluding carboxylic acids is 1. The van der Waals surface area contributed by atoms with Gasteiger partial charge in [-0.15, -0.1) is 0 Å². The van der Waals surface area contributed by atoms with Crippen LogP contribution in [0.5, 0.6) is 0 Å². The fourth-order valence-electron chi connectivity index (χ4n) is 2.88. The molecule has 0 spiro atoms. The zero-order chi connectivity index (χ0) is 14.4. The predicted molar refractivity (Wildman–Crippen MR) is 82.5 cm³/mol. The Balaban J connectivity index is 1.74. The van der Waals surface area contributed by atoms with E-state index in [2.05, 4.69) is 17.6 Å². The maximum Gasteiger partial charge on any atom is 0.319 e. The third-order valence-electron chi connectivity index (χ3n) is 4.04. The SMILES string of the molecule is CC1CCCC(CNC(=O)Nc2ccc(CN)cc2)C1. The smallest absolute Gasteiger partial charge is 0.319 e. The zero-order valence-electron chi connectivity index (χ0n) is 12.2. The molecule has 4 heteroatoms. The Morgan fingerprint density at radius 1 is 1.30 bits per heavy atom. The van der Waals surface area contributed by atoms with E-state index >= 15 is 0 Å². The molecule has 1 aliphatic rings. The van der Waals surface area contributed by atoms with Crippen LogP contribution < -0.4 is 16.4 Å². The Hall–Kier alpha value is -1.55. The molecule has 1 aliphatic carbocycles. The van der Waals surface area contributed by atoms with Crippen LogP contribution in [0.15, 0.2) is 24.3 Å². The van der Waals surface area contributed by atoms with Gasteiger partial charge < -0.3 is 16.4 Å². The van der Waals surface area contributed by atoms with Crippen LogP contribution in [-0.4, -0.2) is 12.6 Å². The van der Waals surface area contributed by atoms with Gasteiger partial charge in [0, 0.05) is 18.8 Å². The van der Waals surface area contributed by atoms with Crippen LogP contribution in [0.3, 0.4) is 0 Å². The fraction of sp³-hybridized carbons (Fsp3) is 0.562. The van der Waals surface area contributed by atoms with E-state index in [1.807, 2.05) is 24.3 Å². The molecule has 2 amide bonds. The molecule has 20 heavy (non-hydrogen) atoms. The number of carbonyl (C=O) groups is 1. The highest BCUT2D eigenvalue weighted by molar-refractivity contribution is 5.89. The number of hydrogen-bond donors (Lipinski definition) is 3. The molecule has 2 unspecified atom stereocenters. The van der Waals surface area contributed by atoms with Gasteiger partial charge in [-0.25, -0.2) is 4.79 Å². The summed E-state index contributed by atoms with van der Waals surface area (Å²) in [5.41, 5.74) is 7.41. The molecule has 2 atom stereocenters. The Kier molecular flexibility index (Phi) is 5.41. The molecule has 0 saturated heterocycles. The predicted octanol–water partition coefficient (Wildman–Crippen LogP) is 3.09. The molecule has 0 aromatic heterocycles. The third kappa shape index (κ3) is 4.53. The largest absolute Gasteiger partial charge is 0.338 e. The number of benzene rings is 1. The van der Waals surface area contributed by atoms with Crippen LogP contribution in [0.4, 0.5) is 10.5 Å². The van der Waals surface area contributed by atoms with Gasteiger partial charge in [-0.3, -0.25) is 0 Å². The van der Waals surface area contributed by atoms with Gasteiger partial charge in [-0.1, -0.05) is 31.9 Å². The van der Waals surface area contributed by atoms with E-state index < -0.39 is 0 Å². The van der Waals surface area contributed by atoms with Crippen molar-refractivity contribution >= 4 is 11.7 Å². The molecule has 0 heterocycles. The summed E-state index contributed by atoms with van der Waals surface area (Å²) in [6, 6.07) is 7.50. The van der Waals surface area contributed by atoms with Crippen molar-refractivity contribution in [2.75, 3.05) is 11.9 Å². The summed E-state index contributed by atoms with van der Waals surface area (Å²) in [5, 5.41) is 5.83. The maximum atomic E-state index is 11.8.